The number of hydrogen-bond acceptors (Lipinski definition) is 4. The number of aromatic nitrogens is 2. The number of nitrogens with one attached hydrogen (secondary N) is 1. The van der Waals surface area contributed by atoms with E-state index < -0.39 is 0 Å². The molecule has 166 valence electrons. The third-order valence-corrected chi connectivity index (χ3v) is 6.45. The van der Waals surface area contributed by atoms with Crippen LogP contribution in [0.15, 0.2) is 79.1 Å². The summed E-state index contributed by atoms with van der Waals surface area (Å²) in [6, 6.07) is 21.9. The standard InChI is InChI=1S/C27H32N4O/c1-21(22-10-3-2-4-11-22)15-19-31-18-9-12-23(20-31)26(24-13-5-7-16-28-24)30-27(32)25-14-6-8-17-29-25/h2-8,10-11,13-14,16-17,21,23,26H,9,12,15,18-20H2,1H3,(H,30,32). The number of pyridine rings is 2. The molecule has 0 aliphatic carbocycles. The predicted molar refractivity (Wildman–Crippen MR) is 127 cm³/mol. The summed E-state index contributed by atoms with van der Waals surface area (Å²) in [4.78, 5) is 24.3. The number of nitrogens with zero attached hydrogens (tertiary/aromatic N) is 3. The molecule has 32 heavy (non-hydrogen) atoms. The molecule has 1 saturated heterocycles. The van der Waals surface area contributed by atoms with Gasteiger partial charge < -0.3 is 10.2 Å². The van der Waals surface area contributed by atoms with E-state index in [-0.39, 0.29) is 11.9 Å². The molecule has 0 spiro atoms. The first kappa shape index (κ1) is 22.2. The van der Waals surface area contributed by atoms with E-state index in [9.17, 15) is 4.79 Å². The molecule has 1 aliphatic rings. The second kappa shape index (κ2) is 11.0. The molecule has 0 saturated carbocycles. The average Bonchev–Trinajstić information content (AvgIpc) is 2.87. The first-order chi connectivity index (χ1) is 15.7. The van der Waals surface area contributed by atoms with E-state index in [1.165, 1.54) is 5.56 Å². The molecule has 1 N–H and O–H groups in total. The van der Waals surface area contributed by atoms with Crippen LogP contribution in [0.25, 0.3) is 0 Å². The van der Waals surface area contributed by atoms with Crippen molar-refractivity contribution in [2.24, 2.45) is 5.92 Å². The van der Waals surface area contributed by atoms with Gasteiger partial charge in [-0.2, -0.15) is 0 Å². The number of rotatable bonds is 8. The number of amides is 1. The van der Waals surface area contributed by atoms with Gasteiger partial charge in [0.2, 0.25) is 0 Å². The molecule has 1 aliphatic heterocycles. The second-order valence-electron chi connectivity index (χ2n) is 8.72. The van der Waals surface area contributed by atoms with E-state index in [1.807, 2.05) is 30.3 Å². The molecule has 3 heterocycles. The Hall–Kier alpha value is -3.05. The molecule has 3 aromatic rings. The molecule has 5 nitrogen and oxygen atoms in total. The van der Waals surface area contributed by atoms with Crippen molar-refractivity contribution in [1.82, 2.24) is 20.2 Å². The highest BCUT2D eigenvalue weighted by Gasteiger charge is 2.31. The van der Waals surface area contributed by atoms with Crippen molar-refractivity contribution in [2.75, 3.05) is 19.6 Å². The van der Waals surface area contributed by atoms with Crippen LogP contribution >= 0.6 is 0 Å². The fraction of sp³-hybridized carbons (Fsp3) is 0.370. The van der Waals surface area contributed by atoms with E-state index >= 15 is 0 Å². The lowest BCUT2D eigenvalue weighted by Crippen LogP contribution is -2.43. The minimum absolute atomic E-state index is 0.125. The maximum Gasteiger partial charge on any atom is 0.270 e. The summed E-state index contributed by atoms with van der Waals surface area (Å²) in [5, 5.41) is 3.24. The lowest BCUT2D eigenvalue weighted by molar-refractivity contribution is 0.0873. The van der Waals surface area contributed by atoms with Crippen molar-refractivity contribution in [3.05, 3.63) is 96.1 Å². The molecular weight excluding hydrogens is 396 g/mol. The van der Waals surface area contributed by atoms with Crippen molar-refractivity contribution in [3.63, 3.8) is 0 Å². The zero-order valence-corrected chi connectivity index (χ0v) is 18.7. The summed E-state index contributed by atoms with van der Waals surface area (Å²) in [5.74, 6) is 0.710. The van der Waals surface area contributed by atoms with Gasteiger partial charge in [0.1, 0.15) is 5.69 Å². The van der Waals surface area contributed by atoms with Gasteiger partial charge >= 0.3 is 0 Å². The Morgan fingerprint density at radius 3 is 2.50 bits per heavy atom. The van der Waals surface area contributed by atoms with Gasteiger partial charge in [0.05, 0.1) is 11.7 Å². The van der Waals surface area contributed by atoms with E-state index in [2.05, 4.69) is 57.4 Å². The van der Waals surface area contributed by atoms with Crippen LogP contribution < -0.4 is 5.32 Å². The number of carbonyl (C=O) groups excluding carboxylic acids is 1. The molecular formula is C27H32N4O. The SMILES string of the molecule is CC(CCN1CCCC(C(NC(=O)c2ccccn2)c2ccccn2)C1)c1ccccc1. The van der Waals surface area contributed by atoms with Crippen LogP contribution in [0.3, 0.4) is 0 Å². The molecule has 0 radical (unpaired) electrons. The van der Waals surface area contributed by atoms with Crippen LogP contribution in [0.4, 0.5) is 0 Å². The second-order valence-corrected chi connectivity index (χ2v) is 8.72. The Morgan fingerprint density at radius 2 is 1.78 bits per heavy atom. The molecule has 1 fully saturated rings. The highest BCUT2D eigenvalue weighted by Crippen LogP contribution is 2.30. The van der Waals surface area contributed by atoms with Crippen molar-refractivity contribution in [2.45, 2.75) is 38.1 Å². The number of benzene rings is 1. The monoisotopic (exact) mass is 428 g/mol. The first-order valence-electron chi connectivity index (χ1n) is 11.6. The Balaban J connectivity index is 1.43. The van der Waals surface area contributed by atoms with Crippen LogP contribution in [0.5, 0.6) is 0 Å². The van der Waals surface area contributed by atoms with Crippen molar-refractivity contribution in [1.29, 1.82) is 0 Å². The molecule has 3 atom stereocenters. The molecule has 3 unspecified atom stereocenters. The summed E-state index contributed by atoms with van der Waals surface area (Å²) in [6.45, 7) is 5.45. The largest absolute Gasteiger partial charge is 0.342 e. The fourth-order valence-corrected chi connectivity index (χ4v) is 4.60. The minimum atomic E-state index is -0.143. The Bertz CT molecular complexity index is 965. The summed E-state index contributed by atoms with van der Waals surface area (Å²) >= 11 is 0. The number of carbonyl (C=O) groups is 1. The van der Waals surface area contributed by atoms with E-state index in [0.29, 0.717) is 17.5 Å². The van der Waals surface area contributed by atoms with Gasteiger partial charge in [-0.1, -0.05) is 49.4 Å². The Labute approximate surface area is 190 Å². The van der Waals surface area contributed by atoms with Gasteiger partial charge in [-0.25, -0.2) is 0 Å². The molecule has 0 bridgehead atoms. The van der Waals surface area contributed by atoms with E-state index in [1.54, 1.807) is 18.5 Å². The smallest absolute Gasteiger partial charge is 0.270 e. The first-order valence-corrected chi connectivity index (χ1v) is 11.6. The van der Waals surface area contributed by atoms with Gasteiger partial charge in [-0.05, 0) is 74.0 Å². The van der Waals surface area contributed by atoms with Gasteiger partial charge in [-0.3, -0.25) is 14.8 Å². The fourth-order valence-electron chi connectivity index (χ4n) is 4.60. The van der Waals surface area contributed by atoms with E-state index in [4.69, 9.17) is 0 Å². The van der Waals surface area contributed by atoms with Crippen LogP contribution in [0, 0.1) is 5.92 Å². The quantitative estimate of drug-likeness (QED) is 0.557. The van der Waals surface area contributed by atoms with Crippen LogP contribution in [0.2, 0.25) is 0 Å². The summed E-state index contributed by atoms with van der Waals surface area (Å²) < 4.78 is 0. The third kappa shape index (κ3) is 5.80. The number of piperidine rings is 1. The predicted octanol–water partition coefficient (Wildman–Crippen LogP) is 4.85. The van der Waals surface area contributed by atoms with Gasteiger partial charge in [0, 0.05) is 18.9 Å². The molecule has 4 rings (SSSR count). The van der Waals surface area contributed by atoms with Gasteiger partial charge in [0.15, 0.2) is 0 Å². The minimum Gasteiger partial charge on any atom is -0.342 e. The van der Waals surface area contributed by atoms with Crippen LogP contribution in [-0.2, 0) is 0 Å². The van der Waals surface area contributed by atoms with Crippen LogP contribution in [-0.4, -0.2) is 40.4 Å². The average molecular weight is 429 g/mol. The van der Waals surface area contributed by atoms with Gasteiger partial charge in [0.25, 0.3) is 5.91 Å². The molecule has 2 aromatic heterocycles. The number of hydrogen-bond donors (Lipinski definition) is 1. The van der Waals surface area contributed by atoms with Crippen molar-refractivity contribution in [3.8, 4) is 0 Å². The molecule has 5 heteroatoms. The van der Waals surface area contributed by atoms with E-state index in [0.717, 1.165) is 44.6 Å². The Morgan fingerprint density at radius 1 is 1.03 bits per heavy atom. The normalized spacial score (nSPS) is 18.6. The zero-order chi connectivity index (χ0) is 22.2. The lowest BCUT2D eigenvalue weighted by Gasteiger charge is -2.37. The third-order valence-electron chi connectivity index (χ3n) is 6.45. The maximum absolute atomic E-state index is 12.9. The maximum atomic E-state index is 12.9. The Kier molecular flexibility index (Phi) is 7.62. The molecule has 1 amide bonds. The van der Waals surface area contributed by atoms with Crippen molar-refractivity contribution >= 4 is 5.91 Å². The van der Waals surface area contributed by atoms with Gasteiger partial charge in [-0.15, -0.1) is 0 Å². The molecule has 1 aromatic carbocycles. The van der Waals surface area contributed by atoms with Crippen LogP contribution in [0.1, 0.15) is 59.9 Å². The summed E-state index contributed by atoms with van der Waals surface area (Å²) in [6.07, 6.45) is 6.80. The zero-order valence-electron chi connectivity index (χ0n) is 18.7. The topological polar surface area (TPSA) is 58.1 Å². The lowest BCUT2D eigenvalue weighted by atomic mass is 9.87. The summed E-state index contributed by atoms with van der Waals surface area (Å²) in [5.41, 5.74) is 2.76. The number of likely N-dealkylation sites (tertiary alicyclic amines) is 1. The highest BCUT2D eigenvalue weighted by atomic mass is 16.1. The summed E-state index contributed by atoms with van der Waals surface area (Å²) in [7, 11) is 0. The highest BCUT2D eigenvalue weighted by molar-refractivity contribution is 5.92. The van der Waals surface area contributed by atoms with Crippen molar-refractivity contribution < 1.29 is 4.79 Å².